The second kappa shape index (κ2) is 3.67. The van der Waals surface area contributed by atoms with Crippen molar-refractivity contribution < 1.29 is 10.2 Å². The molecule has 5 nitrogen and oxygen atoms in total. The third-order valence-electron chi connectivity index (χ3n) is 2.84. The molecule has 0 bridgehead atoms. The van der Waals surface area contributed by atoms with Crippen LogP contribution in [-0.2, 0) is 13.2 Å². The molecule has 2 rings (SSSR count). The van der Waals surface area contributed by atoms with Crippen molar-refractivity contribution in [3.63, 3.8) is 0 Å². The maximum absolute atomic E-state index is 10.1. The molecule has 0 aliphatic heterocycles. The van der Waals surface area contributed by atoms with E-state index < -0.39 is 5.60 Å². The van der Waals surface area contributed by atoms with Crippen LogP contribution in [0.15, 0.2) is 6.20 Å². The van der Waals surface area contributed by atoms with Crippen molar-refractivity contribution in [2.75, 3.05) is 0 Å². The second-order valence-electron chi connectivity index (χ2n) is 3.97. The minimum Gasteiger partial charge on any atom is -0.390 e. The summed E-state index contributed by atoms with van der Waals surface area (Å²) in [5.41, 5.74) is 0.0165. The predicted molar refractivity (Wildman–Crippen MR) is 49.4 cm³/mol. The lowest BCUT2D eigenvalue weighted by Crippen LogP contribution is -2.31. The van der Waals surface area contributed by atoms with Gasteiger partial charge in [0.25, 0.3) is 0 Å². The summed E-state index contributed by atoms with van der Waals surface area (Å²) in [6.45, 7) is 0.367. The van der Waals surface area contributed by atoms with Gasteiger partial charge in [0, 0.05) is 0 Å². The highest BCUT2D eigenvalue weighted by atomic mass is 16.3. The van der Waals surface area contributed by atoms with Gasteiger partial charge in [0.1, 0.15) is 0 Å². The average Bonchev–Trinajstić information content (AvgIpc) is 2.75. The van der Waals surface area contributed by atoms with Crippen molar-refractivity contribution in [2.45, 2.75) is 44.4 Å². The fraction of sp³-hybridized carbons (Fsp3) is 0.778. The molecule has 0 radical (unpaired) electrons. The lowest BCUT2D eigenvalue weighted by Gasteiger charge is -2.22. The largest absolute Gasteiger partial charge is 0.390 e. The monoisotopic (exact) mass is 197 g/mol. The van der Waals surface area contributed by atoms with Crippen molar-refractivity contribution >= 4 is 0 Å². The van der Waals surface area contributed by atoms with E-state index in [1.54, 1.807) is 4.68 Å². The summed E-state index contributed by atoms with van der Waals surface area (Å²) in [7, 11) is 0. The van der Waals surface area contributed by atoms with Crippen LogP contribution < -0.4 is 0 Å². The van der Waals surface area contributed by atoms with Crippen LogP contribution in [0.5, 0.6) is 0 Å². The number of hydrogen-bond acceptors (Lipinski definition) is 4. The average molecular weight is 197 g/mol. The Labute approximate surface area is 82.4 Å². The SMILES string of the molecule is OCc1cnnn1CC1(O)CCCC1. The van der Waals surface area contributed by atoms with E-state index in [0.29, 0.717) is 12.2 Å². The van der Waals surface area contributed by atoms with Crippen molar-refractivity contribution in [2.24, 2.45) is 0 Å². The third kappa shape index (κ3) is 1.78. The van der Waals surface area contributed by atoms with E-state index >= 15 is 0 Å². The molecule has 1 saturated carbocycles. The molecule has 1 aliphatic carbocycles. The van der Waals surface area contributed by atoms with Crippen LogP contribution in [0.1, 0.15) is 31.4 Å². The number of aliphatic hydroxyl groups is 2. The molecule has 78 valence electrons. The smallest absolute Gasteiger partial charge is 0.0866 e. The summed E-state index contributed by atoms with van der Waals surface area (Å²) in [6, 6.07) is 0. The van der Waals surface area contributed by atoms with Crippen molar-refractivity contribution in [3.05, 3.63) is 11.9 Å². The highest BCUT2D eigenvalue weighted by Gasteiger charge is 2.32. The van der Waals surface area contributed by atoms with Crippen molar-refractivity contribution in [3.8, 4) is 0 Å². The normalized spacial score (nSPS) is 20.1. The van der Waals surface area contributed by atoms with Gasteiger partial charge in [-0.2, -0.15) is 0 Å². The van der Waals surface area contributed by atoms with Crippen LogP contribution in [0.4, 0.5) is 0 Å². The minimum atomic E-state index is -0.641. The third-order valence-corrected chi connectivity index (χ3v) is 2.84. The first-order valence-electron chi connectivity index (χ1n) is 4.94. The zero-order valence-corrected chi connectivity index (χ0v) is 8.06. The van der Waals surface area contributed by atoms with E-state index in [1.165, 1.54) is 6.20 Å². The Morgan fingerprint density at radius 1 is 1.43 bits per heavy atom. The molecular weight excluding hydrogens is 182 g/mol. The Kier molecular flexibility index (Phi) is 2.52. The zero-order valence-electron chi connectivity index (χ0n) is 8.06. The van der Waals surface area contributed by atoms with Crippen LogP contribution in [-0.4, -0.2) is 30.8 Å². The Bertz CT molecular complexity index is 305. The number of rotatable bonds is 3. The van der Waals surface area contributed by atoms with Crippen LogP contribution in [0.3, 0.4) is 0 Å². The second-order valence-corrected chi connectivity index (χ2v) is 3.97. The number of aromatic nitrogens is 3. The van der Waals surface area contributed by atoms with E-state index in [9.17, 15) is 5.11 Å². The van der Waals surface area contributed by atoms with Gasteiger partial charge < -0.3 is 10.2 Å². The van der Waals surface area contributed by atoms with Crippen LogP contribution in [0.2, 0.25) is 0 Å². The molecule has 1 aromatic rings. The van der Waals surface area contributed by atoms with Crippen LogP contribution in [0.25, 0.3) is 0 Å². The summed E-state index contributed by atoms with van der Waals surface area (Å²) < 4.78 is 1.59. The van der Waals surface area contributed by atoms with E-state index in [0.717, 1.165) is 25.7 Å². The molecule has 0 saturated heterocycles. The maximum atomic E-state index is 10.1. The quantitative estimate of drug-likeness (QED) is 0.719. The summed E-state index contributed by atoms with van der Waals surface area (Å²) >= 11 is 0. The summed E-state index contributed by atoms with van der Waals surface area (Å²) in [6.07, 6.45) is 5.30. The van der Waals surface area contributed by atoms with E-state index in [4.69, 9.17) is 5.11 Å². The van der Waals surface area contributed by atoms with E-state index in [1.807, 2.05) is 0 Å². The first kappa shape index (κ1) is 9.61. The standard InChI is InChI=1S/C9H15N3O2/c13-6-8-5-10-11-12(8)7-9(14)3-1-2-4-9/h5,13-14H,1-4,6-7H2. The van der Waals surface area contributed by atoms with Gasteiger partial charge in [-0.15, -0.1) is 5.10 Å². The molecule has 0 aromatic carbocycles. The molecule has 0 atom stereocenters. The van der Waals surface area contributed by atoms with Crippen LogP contribution >= 0.6 is 0 Å². The lowest BCUT2D eigenvalue weighted by atomic mass is 10.0. The van der Waals surface area contributed by atoms with Gasteiger partial charge in [0.05, 0.1) is 30.6 Å². The van der Waals surface area contributed by atoms with Gasteiger partial charge in [0.2, 0.25) is 0 Å². The Morgan fingerprint density at radius 2 is 2.14 bits per heavy atom. The number of nitrogens with zero attached hydrogens (tertiary/aromatic N) is 3. The molecule has 5 heteroatoms. The Morgan fingerprint density at radius 3 is 2.79 bits per heavy atom. The topological polar surface area (TPSA) is 71.2 Å². The molecule has 1 fully saturated rings. The van der Waals surface area contributed by atoms with Gasteiger partial charge in [-0.1, -0.05) is 18.1 Å². The molecule has 0 amide bonds. The lowest BCUT2D eigenvalue weighted by molar-refractivity contribution is 0.0242. The molecule has 1 heterocycles. The van der Waals surface area contributed by atoms with Gasteiger partial charge in [-0.3, -0.25) is 0 Å². The summed E-state index contributed by atoms with van der Waals surface area (Å²) in [4.78, 5) is 0. The molecule has 1 aromatic heterocycles. The van der Waals surface area contributed by atoms with Gasteiger partial charge in [-0.05, 0) is 12.8 Å². The van der Waals surface area contributed by atoms with Crippen molar-refractivity contribution in [1.29, 1.82) is 0 Å². The van der Waals surface area contributed by atoms with Gasteiger partial charge >= 0.3 is 0 Å². The number of aliphatic hydroxyl groups excluding tert-OH is 1. The zero-order chi connectivity index (χ0) is 10.0. The molecule has 0 unspecified atom stereocenters. The minimum absolute atomic E-state index is 0.0803. The first-order valence-corrected chi connectivity index (χ1v) is 4.94. The predicted octanol–water partition coefficient (Wildman–Crippen LogP) is 0.0755. The summed E-state index contributed by atoms with van der Waals surface area (Å²) in [5.74, 6) is 0. The van der Waals surface area contributed by atoms with Crippen LogP contribution in [0, 0.1) is 0 Å². The summed E-state index contributed by atoms with van der Waals surface area (Å²) in [5, 5.41) is 26.6. The maximum Gasteiger partial charge on any atom is 0.0866 e. The Balaban J connectivity index is 2.09. The number of hydrogen-bond donors (Lipinski definition) is 2. The molecule has 1 aliphatic rings. The molecule has 2 N–H and O–H groups in total. The highest BCUT2D eigenvalue weighted by molar-refractivity contribution is 4.94. The Hall–Kier alpha value is -0.940. The van der Waals surface area contributed by atoms with Gasteiger partial charge in [-0.25, -0.2) is 4.68 Å². The van der Waals surface area contributed by atoms with Crippen molar-refractivity contribution in [1.82, 2.24) is 15.0 Å². The van der Waals surface area contributed by atoms with E-state index in [2.05, 4.69) is 10.3 Å². The fourth-order valence-electron chi connectivity index (χ4n) is 2.00. The molecular formula is C9H15N3O2. The first-order chi connectivity index (χ1) is 6.73. The molecule has 0 spiro atoms. The fourth-order valence-corrected chi connectivity index (χ4v) is 2.00. The van der Waals surface area contributed by atoms with Gasteiger partial charge in [0.15, 0.2) is 0 Å². The molecule has 14 heavy (non-hydrogen) atoms. The van der Waals surface area contributed by atoms with E-state index in [-0.39, 0.29) is 6.61 Å². The highest BCUT2D eigenvalue weighted by Crippen LogP contribution is 2.30.